The third-order valence-electron chi connectivity index (χ3n) is 2.96. The number of aldehydes is 1. The first-order valence-electron chi connectivity index (χ1n) is 5.55. The van der Waals surface area contributed by atoms with Crippen LogP contribution in [0.3, 0.4) is 0 Å². The molecule has 1 aliphatic rings. The number of carbonyl (C=O) groups excluding carboxylic acids is 1. The van der Waals surface area contributed by atoms with Crippen molar-refractivity contribution >= 4 is 29.2 Å². The van der Waals surface area contributed by atoms with Crippen molar-refractivity contribution in [1.29, 1.82) is 0 Å². The maximum Gasteiger partial charge on any atom is 0.224 e. The molecule has 18 heavy (non-hydrogen) atoms. The van der Waals surface area contributed by atoms with Crippen molar-refractivity contribution in [2.24, 2.45) is 0 Å². The fourth-order valence-electron chi connectivity index (χ4n) is 2.12. The summed E-state index contributed by atoms with van der Waals surface area (Å²) in [5.74, 6) is 0.327. The van der Waals surface area contributed by atoms with E-state index in [1.54, 1.807) is 10.9 Å². The molecule has 1 saturated heterocycles. The number of rotatable bonds is 2. The number of carbonyl (C=O) groups is 1. The number of aromatic nitrogens is 4. The number of ether oxygens (including phenoxy) is 1. The summed E-state index contributed by atoms with van der Waals surface area (Å²) >= 11 is 0. The molecule has 2 aromatic heterocycles. The van der Waals surface area contributed by atoms with Crippen LogP contribution in [0.4, 0.5) is 11.8 Å². The van der Waals surface area contributed by atoms with Gasteiger partial charge in [0, 0.05) is 0 Å². The maximum atomic E-state index is 10.7. The zero-order chi connectivity index (χ0) is 12.7. The number of anilines is 2. The van der Waals surface area contributed by atoms with Crippen molar-refractivity contribution in [2.45, 2.75) is 25.2 Å². The van der Waals surface area contributed by atoms with E-state index >= 15 is 0 Å². The summed E-state index contributed by atoms with van der Waals surface area (Å²) in [6.45, 7) is 0. The normalized spacial score (nSPS) is 23.6. The van der Waals surface area contributed by atoms with Crippen LogP contribution >= 0.6 is 0 Å². The summed E-state index contributed by atoms with van der Waals surface area (Å²) in [6, 6.07) is 0. The van der Waals surface area contributed by atoms with E-state index in [1.165, 1.54) is 0 Å². The molecule has 1 fully saturated rings. The summed E-state index contributed by atoms with van der Waals surface area (Å²) in [5.41, 5.74) is 12.3. The third kappa shape index (κ3) is 1.58. The molecule has 1 aliphatic heterocycles. The minimum atomic E-state index is -0.371. The van der Waals surface area contributed by atoms with Gasteiger partial charge >= 0.3 is 0 Å². The molecule has 0 amide bonds. The molecule has 0 unspecified atom stereocenters. The molecule has 2 atom stereocenters. The van der Waals surface area contributed by atoms with Crippen LogP contribution in [0.2, 0.25) is 0 Å². The van der Waals surface area contributed by atoms with Gasteiger partial charge in [0.2, 0.25) is 5.95 Å². The molecule has 94 valence electrons. The minimum Gasteiger partial charge on any atom is -0.382 e. The first-order valence-corrected chi connectivity index (χ1v) is 5.55. The second-order valence-corrected chi connectivity index (χ2v) is 4.13. The van der Waals surface area contributed by atoms with Crippen molar-refractivity contribution < 1.29 is 9.53 Å². The van der Waals surface area contributed by atoms with E-state index in [2.05, 4.69) is 15.0 Å². The predicted octanol–water partition coefficient (Wildman–Crippen LogP) is -0.133. The smallest absolute Gasteiger partial charge is 0.224 e. The quantitative estimate of drug-likeness (QED) is 0.709. The summed E-state index contributed by atoms with van der Waals surface area (Å²) < 4.78 is 7.29. The van der Waals surface area contributed by atoms with Crippen molar-refractivity contribution in [3.63, 3.8) is 0 Å². The second-order valence-electron chi connectivity index (χ2n) is 4.13. The van der Waals surface area contributed by atoms with Gasteiger partial charge in [-0.2, -0.15) is 9.97 Å². The van der Waals surface area contributed by atoms with Crippen LogP contribution in [-0.4, -0.2) is 31.9 Å². The average molecular weight is 248 g/mol. The predicted molar refractivity (Wildman–Crippen MR) is 63.4 cm³/mol. The van der Waals surface area contributed by atoms with Gasteiger partial charge in [-0.15, -0.1) is 0 Å². The molecule has 0 saturated carbocycles. The van der Waals surface area contributed by atoms with E-state index in [0.29, 0.717) is 17.6 Å². The van der Waals surface area contributed by atoms with E-state index in [9.17, 15) is 4.79 Å². The van der Waals surface area contributed by atoms with Gasteiger partial charge in [0.15, 0.2) is 11.5 Å². The maximum absolute atomic E-state index is 10.7. The highest BCUT2D eigenvalue weighted by Gasteiger charge is 2.27. The Labute approximate surface area is 102 Å². The van der Waals surface area contributed by atoms with Gasteiger partial charge in [0.1, 0.15) is 24.1 Å². The van der Waals surface area contributed by atoms with E-state index in [-0.39, 0.29) is 24.1 Å². The molecular weight excluding hydrogens is 236 g/mol. The van der Waals surface area contributed by atoms with Gasteiger partial charge in [0.25, 0.3) is 0 Å². The molecular formula is C10H12N6O2. The first kappa shape index (κ1) is 10.9. The summed E-state index contributed by atoms with van der Waals surface area (Å²) in [4.78, 5) is 22.8. The average Bonchev–Trinajstić information content (AvgIpc) is 2.93. The molecule has 2 aromatic rings. The zero-order valence-electron chi connectivity index (χ0n) is 9.48. The minimum absolute atomic E-state index is 0.0895. The van der Waals surface area contributed by atoms with Crippen molar-refractivity contribution in [2.75, 3.05) is 11.5 Å². The Morgan fingerprint density at radius 2 is 2.22 bits per heavy atom. The fourth-order valence-corrected chi connectivity index (χ4v) is 2.12. The number of nitrogens with zero attached hydrogens (tertiary/aromatic N) is 4. The van der Waals surface area contributed by atoms with Gasteiger partial charge in [-0.3, -0.25) is 4.57 Å². The van der Waals surface area contributed by atoms with Crippen LogP contribution in [0.25, 0.3) is 11.2 Å². The lowest BCUT2D eigenvalue weighted by Gasteiger charge is -2.12. The molecule has 0 aromatic carbocycles. The molecule has 0 radical (unpaired) electrons. The SMILES string of the molecule is Nc1nc(N)c2ncn([C@H]3CC[C@@H](C=O)O3)c2n1. The Balaban J connectivity index is 2.05. The molecule has 0 bridgehead atoms. The molecule has 3 rings (SSSR count). The van der Waals surface area contributed by atoms with Gasteiger partial charge in [-0.05, 0) is 12.8 Å². The Morgan fingerprint density at radius 3 is 2.94 bits per heavy atom. The van der Waals surface area contributed by atoms with Gasteiger partial charge in [-0.25, -0.2) is 4.98 Å². The van der Waals surface area contributed by atoms with E-state index < -0.39 is 0 Å². The Kier molecular flexibility index (Phi) is 2.37. The van der Waals surface area contributed by atoms with Gasteiger partial charge in [-0.1, -0.05) is 0 Å². The number of nitrogen functional groups attached to an aromatic ring is 2. The van der Waals surface area contributed by atoms with Crippen LogP contribution in [0.1, 0.15) is 19.1 Å². The van der Waals surface area contributed by atoms with E-state index in [1.807, 2.05) is 0 Å². The Morgan fingerprint density at radius 1 is 1.39 bits per heavy atom. The number of fused-ring (bicyclic) bond motifs is 1. The topological polar surface area (TPSA) is 122 Å². The summed E-state index contributed by atoms with van der Waals surface area (Å²) in [7, 11) is 0. The number of hydrogen-bond donors (Lipinski definition) is 2. The van der Waals surface area contributed by atoms with Crippen LogP contribution in [0.15, 0.2) is 6.33 Å². The van der Waals surface area contributed by atoms with Gasteiger partial charge in [0.05, 0.1) is 6.33 Å². The molecule has 3 heterocycles. The molecule has 8 nitrogen and oxygen atoms in total. The highest BCUT2D eigenvalue weighted by Crippen LogP contribution is 2.30. The largest absolute Gasteiger partial charge is 0.382 e. The molecule has 8 heteroatoms. The zero-order valence-corrected chi connectivity index (χ0v) is 9.48. The van der Waals surface area contributed by atoms with Crippen LogP contribution < -0.4 is 11.5 Å². The summed E-state index contributed by atoms with van der Waals surface area (Å²) in [5, 5.41) is 0. The lowest BCUT2D eigenvalue weighted by Crippen LogP contribution is -2.12. The molecule has 0 aliphatic carbocycles. The standard InChI is InChI=1S/C10H12N6O2/c11-8-7-9(15-10(12)14-8)16(4-13-7)6-2-1-5(3-17)18-6/h3-6H,1-2H2,(H4,11,12,14,15)/t5-,6+/m0/s1. The van der Waals surface area contributed by atoms with Crippen molar-refractivity contribution in [1.82, 2.24) is 19.5 Å². The first-order chi connectivity index (χ1) is 8.69. The van der Waals surface area contributed by atoms with Crippen molar-refractivity contribution in [3.05, 3.63) is 6.33 Å². The Hall–Kier alpha value is -2.22. The number of imidazole rings is 1. The number of hydrogen-bond acceptors (Lipinski definition) is 7. The molecule has 4 N–H and O–H groups in total. The monoisotopic (exact) mass is 248 g/mol. The second kappa shape index (κ2) is 3.91. The Bertz CT molecular complexity index is 610. The van der Waals surface area contributed by atoms with E-state index in [4.69, 9.17) is 16.2 Å². The van der Waals surface area contributed by atoms with Crippen LogP contribution in [0.5, 0.6) is 0 Å². The van der Waals surface area contributed by atoms with E-state index in [0.717, 1.165) is 12.7 Å². The summed E-state index contributed by atoms with van der Waals surface area (Å²) in [6.07, 6.45) is 3.15. The third-order valence-corrected chi connectivity index (χ3v) is 2.96. The fraction of sp³-hybridized carbons (Fsp3) is 0.400. The highest BCUT2D eigenvalue weighted by molar-refractivity contribution is 5.82. The van der Waals surface area contributed by atoms with Crippen LogP contribution in [0, 0.1) is 0 Å². The van der Waals surface area contributed by atoms with Crippen molar-refractivity contribution in [3.8, 4) is 0 Å². The lowest BCUT2D eigenvalue weighted by molar-refractivity contribution is -0.119. The van der Waals surface area contributed by atoms with Gasteiger partial charge < -0.3 is 21.0 Å². The highest BCUT2D eigenvalue weighted by atomic mass is 16.5. The number of nitrogens with two attached hydrogens (primary N) is 2. The molecule has 0 spiro atoms. The lowest BCUT2D eigenvalue weighted by atomic mass is 10.2. The van der Waals surface area contributed by atoms with Crippen LogP contribution in [-0.2, 0) is 9.53 Å².